The molecule has 164 valence electrons. The Balaban J connectivity index is 1.68. The maximum atomic E-state index is 12.9. The first-order valence-corrected chi connectivity index (χ1v) is 9.48. The molecule has 12 heteroatoms. The number of hydrogen-bond donors (Lipinski definition) is 2. The molecule has 7 nitrogen and oxygen atoms in total. The quantitative estimate of drug-likeness (QED) is 0.536. The molecule has 0 bridgehead atoms. The molecule has 2 amide bonds. The van der Waals surface area contributed by atoms with E-state index in [1.165, 1.54) is 24.3 Å². The van der Waals surface area contributed by atoms with E-state index in [0.29, 0.717) is 12.1 Å². The fraction of sp³-hybridized carbons (Fsp3) is 0.0500. The minimum absolute atomic E-state index is 0.111. The van der Waals surface area contributed by atoms with Crippen LogP contribution in [0.25, 0.3) is 5.69 Å². The highest BCUT2D eigenvalue weighted by molar-refractivity contribution is 6.37. The summed E-state index contributed by atoms with van der Waals surface area (Å²) in [5, 5.41) is 1.38. The number of carbonyl (C=O) groups is 2. The van der Waals surface area contributed by atoms with Crippen LogP contribution in [0, 0.1) is 0 Å². The molecule has 1 aliphatic rings. The Hall–Kier alpha value is -3.50. The summed E-state index contributed by atoms with van der Waals surface area (Å²) >= 11 is 11.8. The largest absolute Gasteiger partial charge is 0.454 e. The van der Waals surface area contributed by atoms with Gasteiger partial charge in [-0.2, -0.15) is 13.2 Å². The van der Waals surface area contributed by atoms with Crippen LogP contribution in [0.4, 0.5) is 19.0 Å². The number of nitrogens with zero attached hydrogens (tertiary/aromatic N) is 1. The molecule has 1 aromatic heterocycles. The second-order valence-electron chi connectivity index (χ2n) is 6.64. The van der Waals surface area contributed by atoms with E-state index < -0.39 is 29.1 Å². The number of hydrogen-bond acceptors (Lipinski definition) is 5. The standard InChI is InChI=1S/C20H10Cl2F3N3O4/c21-12-5-8(20(23,24)25)6-13(22)16(12)32-10-3-1-9(2-4-10)28-14(29)7-11-15(17(28)26)19(31)27-18(11)30/h1-7H,26H2,(H,27,30,31). The maximum Gasteiger partial charge on any atom is 0.416 e. The lowest BCUT2D eigenvalue weighted by atomic mass is 10.1. The number of nitrogens with one attached hydrogen (secondary N) is 1. The van der Waals surface area contributed by atoms with Gasteiger partial charge < -0.3 is 10.5 Å². The van der Waals surface area contributed by atoms with Crippen LogP contribution in [0.3, 0.4) is 0 Å². The van der Waals surface area contributed by atoms with Gasteiger partial charge in [0, 0.05) is 6.07 Å². The molecule has 0 saturated carbocycles. The number of aromatic nitrogens is 1. The molecule has 32 heavy (non-hydrogen) atoms. The second-order valence-corrected chi connectivity index (χ2v) is 7.45. The lowest BCUT2D eigenvalue weighted by molar-refractivity contribution is -0.137. The van der Waals surface area contributed by atoms with E-state index in [1.807, 2.05) is 0 Å². The van der Waals surface area contributed by atoms with Crippen molar-refractivity contribution in [1.82, 2.24) is 9.88 Å². The Bertz CT molecular complexity index is 1330. The summed E-state index contributed by atoms with van der Waals surface area (Å²) < 4.78 is 45.1. The molecule has 3 aromatic rings. The fourth-order valence-electron chi connectivity index (χ4n) is 3.15. The molecule has 2 heterocycles. The Kier molecular flexibility index (Phi) is 5.14. The van der Waals surface area contributed by atoms with E-state index in [4.69, 9.17) is 33.7 Å². The summed E-state index contributed by atoms with van der Waals surface area (Å²) in [6.07, 6.45) is -4.63. The van der Waals surface area contributed by atoms with E-state index in [9.17, 15) is 27.6 Å². The van der Waals surface area contributed by atoms with Crippen LogP contribution in [-0.2, 0) is 6.18 Å². The van der Waals surface area contributed by atoms with Crippen LogP contribution in [0.2, 0.25) is 10.0 Å². The van der Waals surface area contributed by atoms with Crippen molar-refractivity contribution in [2.45, 2.75) is 6.18 Å². The number of benzene rings is 2. The van der Waals surface area contributed by atoms with Gasteiger partial charge in [0.05, 0.1) is 32.4 Å². The van der Waals surface area contributed by atoms with Crippen LogP contribution in [0.1, 0.15) is 26.3 Å². The minimum atomic E-state index is -4.63. The maximum absolute atomic E-state index is 12.9. The second kappa shape index (κ2) is 7.57. The Morgan fingerprint density at radius 3 is 2.09 bits per heavy atom. The zero-order chi connectivity index (χ0) is 23.4. The molecule has 0 spiro atoms. The number of halogens is 5. The molecule has 3 N–H and O–H groups in total. The number of ether oxygens (including phenoxy) is 1. The number of amides is 2. The van der Waals surface area contributed by atoms with Crippen molar-refractivity contribution in [1.29, 1.82) is 0 Å². The van der Waals surface area contributed by atoms with Crippen LogP contribution in [-0.4, -0.2) is 16.4 Å². The molecule has 0 aliphatic carbocycles. The van der Waals surface area contributed by atoms with Crippen molar-refractivity contribution >= 4 is 40.8 Å². The third-order valence-corrected chi connectivity index (χ3v) is 5.16. The SMILES string of the molecule is Nc1c2c(cc(=O)n1-c1ccc(Oc3c(Cl)cc(C(F)(F)F)cc3Cl)cc1)C(=O)NC2=O. The van der Waals surface area contributed by atoms with Gasteiger partial charge in [-0.3, -0.25) is 24.3 Å². The molecule has 4 rings (SSSR count). The van der Waals surface area contributed by atoms with Crippen molar-refractivity contribution in [2.75, 3.05) is 5.73 Å². The lowest BCUT2D eigenvalue weighted by Gasteiger charge is -2.14. The predicted octanol–water partition coefficient (Wildman–Crippen LogP) is 4.42. The van der Waals surface area contributed by atoms with Gasteiger partial charge in [0.2, 0.25) is 0 Å². The number of fused-ring (bicyclic) bond motifs is 1. The van der Waals surface area contributed by atoms with Gasteiger partial charge in [0.25, 0.3) is 17.4 Å². The summed E-state index contributed by atoms with van der Waals surface area (Å²) in [7, 11) is 0. The molecule has 1 aliphatic heterocycles. The van der Waals surface area contributed by atoms with Gasteiger partial charge >= 0.3 is 6.18 Å². The zero-order valence-electron chi connectivity index (χ0n) is 15.6. The number of rotatable bonds is 3. The van der Waals surface area contributed by atoms with Gasteiger partial charge in [0.15, 0.2) is 5.75 Å². The van der Waals surface area contributed by atoms with Gasteiger partial charge in [0.1, 0.15) is 11.6 Å². The lowest BCUT2D eigenvalue weighted by Crippen LogP contribution is -2.24. The highest BCUT2D eigenvalue weighted by atomic mass is 35.5. The zero-order valence-corrected chi connectivity index (χ0v) is 17.1. The molecule has 0 unspecified atom stereocenters. The van der Waals surface area contributed by atoms with Crippen LogP contribution < -0.4 is 21.3 Å². The van der Waals surface area contributed by atoms with Crippen molar-refractivity contribution in [3.05, 3.63) is 79.6 Å². The molecular weight excluding hydrogens is 474 g/mol. The summed E-state index contributed by atoms with van der Waals surface area (Å²) in [5.74, 6) is -1.69. The summed E-state index contributed by atoms with van der Waals surface area (Å²) in [4.78, 5) is 36.2. The highest BCUT2D eigenvalue weighted by Gasteiger charge is 2.33. The molecule has 2 aromatic carbocycles. The molecule has 0 fully saturated rings. The number of pyridine rings is 1. The Labute approximate surface area is 187 Å². The van der Waals surface area contributed by atoms with Crippen LogP contribution in [0.15, 0.2) is 47.3 Å². The topological polar surface area (TPSA) is 103 Å². The molecule has 0 saturated heterocycles. The third-order valence-electron chi connectivity index (χ3n) is 4.59. The van der Waals surface area contributed by atoms with Gasteiger partial charge in [-0.25, -0.2) is 0 Å². The number of imide groups is 1. The summed E-state index contributed by atoms with van der Waals surface area (Å²) in [6, 6.07) is 7.99. The van der Waals surface area contributed by atoms with E-state index in [1.54, 1.807) is 0 Å². The van der Waals surface area contributed by atoms with Gasteiger partial charge in [-0.05, 0) is 36.4 Å². The van der Waals surface area contributed by atoms with Crippen molar-refractivity contribution in [3.63, 3.8) is 0 Å². The van der Waals surface area contributed by atoms with Gasteiger partial charge in [-0.15, -0.1) is 0 Å². The van der Waals surface area contributed by atoms with Crippen molar-refractivity contribution < 1.29 is 27.5 Å². The Morgan fingerprint density at radius 2 is 1.53 bits per heavy atom. The van der Waals surface area contributed by atoms with Crippen LogP contribution >= 0.6 is 23.2 Å². The normalized spacial score (nSPS) is 13.2. The van der Waals surface area contributed by atoms with E-state index in [-0.39, 0.29) is 44.2 Å². The predicted molar refractivity (Wildman–Crippen MR) is 110 cm³/mol. The number of nitrogens with two attached hydrogens (primary N) is 1. The number of carbonyl (C=O) groups excluding carboxylic acids is 2. The Morgan fingerprint density at radius 1 is 0.938 bits per heavy atom. The van der Waals surface area contributed by atoms with E-state index >= 15 is 0 Å². The van der Waals surface area contributed by atoms with Gasteiger partial charge in [-0.1, -0.05) is 23.2 Å². The first kappa shape index (κ1) is 21.7. The van der Waals surface area contributed by atoms with Crippen molar-refractivity contribution in [3.8, 4) is 17.2 Å². The van der Waals surface area contributed by atoms with Crippen LogP contribution in [0.5, 0.6) is 11.5 Å². The summed E-state index contributed by atoms with van der Waals surface area (Å²) in [6.45, 7) is 0. The average molecular weight is 484 g/mol. The smallest absolute Gasteiger partial charge is 0.416 e. The molecule has 0 atom stereocenters. The first-order chi connectivity index (χ1) is 15.0. The summed E-state index contributed by atoms with van der Waals surface area (Å²) in [5.41, 5.74) is 4.32. The van der Waals surface area contributed by atoms with Crippen molar-refractivity contribution in [2.24, 2.45) is 0 Å². The minimum Gasteiger partial charge on any atom is -0.454 e. The highest BCUT2D eigenvalue weighted by Crippen LogP contribution is 2.41. The first-order valence-electron chi connectivity index (χ1n) is 8.73. The number of anilines is 1. The fourth-order valence-corrected chi connectivity index (χ4v) is 3.71. The third kappa shape index (κ3) is 3.67. The monoisotopic (exact) mass is 483 g/mol. The number of alkyl halides is 3. The molecule has 0 radical (unpaired) electrons. The number of nitrogen functional groups attached to an aromatic ring is 1. The van der Waals surface area contributed by atoms with E-state index in [2.05, 4.69) is 5.32 Å². The van der Waals surface area contributed by atoms with E-state index in [0.717, 1.165) is 10.6 Å². The average Bonchev–Trinajstić information content (AvgIpc) is 2.98. The molecular formula is C20H10Cl2F3N3O4.